The van der Waals surface area contributed by atoms with Crippen molar-refractivity contribution in [2.75, 3.05) is 18.0 Å². The van der Waals surface area contributed by atoms with Gasteiger partial charge in [0.15, 0.2) is 0 Å². The van der Waals surface area contributed by atoms with Gasteiger partial charge >= 0.3 is 6.09 Å². The minimum atomic E-state index is -0.494. The number of nitrogens with one attached hydrogen (secondary N) is 1. The van der Waals surface area contributed by atoms with Crippen LogP contribution in [0.15, 0.2) is 12.3 Å². The number of halogens is 1. The predicted molar refractivity (Wildman–Crippen MR) is 86.3 cm³/mol. The van der Waals surface area contributed by atoms with Gasteiger partial charge in [-0.05, 0) is 46.1 Å². The van der Waals surface area contributed by atoms with Crippen LogP contribution in [0.25, 0.3) is 0 Å². The monoisotopic (exact) mass is 326 g/mol. The van der Waals surface area contributed by atoms with E-state index in [0.717, 1.165) is 25.8 Å². The van der Waals surface area contributed by atoms with Crippen LogP contribution >= 0.6 is 11.6 Å². The first-order chi connectivity index (χ1) is 10.3. The quantitative estimate of drug-likeness (QED) is 0.865. The molecule has 122 valence electrons. The number of hydrogen-bond acceptors (Lipinski definition) is 5. The van der Waals surface area contributed by atoms with Crippen molar-refractivity contribution in [2.24, 2.45) is 0 Å². The Kier molecular flexibility index (Phi) is 5.45. The Labute approximate surface area is 136 Å². The summed E-state index contributed by atoms with van der Waals surface area (Å²) in [5.41, 5.74) is -0.494. The second-order valence-electron chi connectivity index (χ2n) is 6.41. The van der Waals surface area contributed by atoms with E-state index < -0.39 is 11.7 Å². The molecule has 1 aromatic rings. The first-order valence-corrected chi connectivity index (χ1v) is 7.95. The highest BCUT2D eigenvalue weighted by molar-refractivity contribution is 6.29. The molecule has 2 heterocycles. The topological polar surface area (TPSA) is 67.3 Å². The lowest BCUT2D eigenvalue weighted by Gasteiger charge is -2.36. The van der Waals surface area contributed by atoms with Gasteiger partial charge in [0.2, 0.25) is 5.95 Å². The van der Waals surface area contributed by atoms with E-state index in [4.69, 9.17) is 16.3 Å². The summed E-state index contributed by atoms with van der Waals surface area (Å²) in [5.74, 6) is 0.614. The smallest absolute Gasteiger partial charge is 0.407 e. The maximum Gasteiger partial charge on any atom is 0.407 e. The van der Waals surface area contributed by atoms with Crippen molar-refractivity contribution in [3.8, 4) is 0 Å². The van der Waals surface area contributed by atoms with Crippen LogP contribution in [0.5, 0.6) is 0 Å². The molecule has 2 rings (SSSR count). The lowest BCUT2D eigenvalue weighted by molar-refractivity contribution is 0.0522. The van der Waals surface area contributed by atoms with Gasteiger partial charge in [-0.15, -0.1) is 0 Å². The van der Waals surface area contributed by atoms with Gasteiger partial charge in [-0.25, -0.2) is 14.8 Å². The summed E-state index contributed by atoms with van der Waals surface area (Å²) in [4.78, 5) is 22.5. The summed E-state index contributed by atoms with van der Waals surface area (Å²) in [6.07, 6.45) is 4.44. The zero-order chi connectivity index (χ0) is 16.2. The summed E-state index contributed by atoms with van der Waals surface area (Å²) < 4.78 is 5.27. The largest absolute Gasteiger partial charge is 0.444 e. The van der Waals surface area contributed by atoms with Crippen LogP contribution in [0.4, 0.5) is 10.7 Å². The fourth-order valence-electron chi connectivity index (χ4n) is 2.46. The Morgan fingerprint density at radius 3 is 2.95 bits per heavy atom. The third-order valence-electron chi connectivity index (χ3n) is 3.37. The Bertz CT molecular complexity index is 519. The van der Waals surface area contributed by atoms with Crippen molar-refractivity contribution in [1.29, 1.82) is 0 Å². The molecule has 1 unspecified atom stereocenters. The maximum absolute atomic E-state index is 11.8. The molecule has 0 aliphatic carbocycles. The number of alkyl carbamates (subject to hydrolysis) is 1. The molecule has 1 saturated heterocycles. The highest BCUT2D eigenvalue weighted by atomic mass is 35.5. The molecule has 1 N–H and O–H groups in total. The van der Waals surface area contributed by atoms with Crippen LogP contribution in [0, 0.1) is 0 Å². The number of anilines is 1. The molecular formula is C15H23ClN4O2. The molecule has 0 bridgehead atoms. The number of carbonyl (C=O) groups excluding carboxylic acids is 1. The van der Waals surface area contributed by atoms with E-state index in [1.54, 1.807) is 12.3 Å². The third-order valence-corrected chi connectivity index (χ3v) is 3.58. The molecule has 1 fully saturated rings. The fourth-order valence-corrected chi connectivity index (χ4v) is 2.59. The molecule has 0 radical (unpaired) electrons. The highest BCUT2D eigenvalue weighted by Crippen LogP contribution is 2.22. The van der Waals surface area contributed by atoms with Gasteiger partial charge in [-0.3, -0.25) is 0 Å². The van der Waals surface area contributed by atoms with Crippen molar-refractivity contribution in [3.05, 3.63) is 17.4 Å². The van der Waals surface area contributed by atoms with Crippen LogP contribution < -0.4 is 10.2 Å². The van der Waals surface area contributed by atoms with Gasteiger partial charge < -0.3 is 15.0 Å². The highest BCUT2D eigenvalue weighted by Gasteiger charge is 2.26. The van der Waals surface area contributed by atoms with Crippen LogP contribution in [0.3, 0.4) is 0 Å². The van der Waals surface area contributed by atoms with Crippen LogP contribution in [0.2, 0.25) is 5.15 Å². The minimum Gasteiger partial charge on any atom is -0.444 e. The van der Waals surface area contributed by atoms with Crippen molar-refractivity contribution in [2.45, 2.75) is 51.7 Å². The van der Waals surface area contributed by atoms with Crippen LogP contribution in [0.1, 0.15) is 40.0 Å². The molecule has 1 atom stereocenters. The predicted octanol–water partition coefficient (Wildman–Crippen LogP) is 3.01. The molecule has 1 amide bonds. The lowest BCUT2D eigenvalue weighted by Crippen LogP contribution is -2.48. The summed E-state index contributed by atoms with van der Waals surface area (Å²) in [6.45, 7) is 6.91. The van der Waals surface area contributed by atoms with Gasteiger partial charge in [0.25, 0.3) is 0 Å². The fraction of sp³-hybridized carbons (Fsp3) is 0.667. The molecule has 1 aliphatic rings. The van der Waals surface area contributed by atoms with Crippen LogP contribution in [-0.4, -0.2) is 40.8 Å². The summed E-state index contributed by atoms with van der Waals surface area (Å²) in [5, 5.41) is 3.26. The zero-order valence-electron chi connectivity index (χ0n) is 13.3. The minimum absolute atomic E-state index is 0.153. The Morgan fingerprint density at radius 1 is 1.50 bits per heavy atom. The van der Waals surface area contributed by atoms with Crippen molar-refractivity contribution >= 4 is 23.6 Å². The molecule has 0 aromatic carbocycles. The second kappa shape index (κ2) is 7.13. The van der Waals surface area contributed by atoms with Gasteiger partial charge in [-0.1, -0.05) is 11.6 Å². The first kappa shape index (κ1) is 16.8. The summed E-state index contributed by atoms with van der Waals surface area (Å²) in [7, 11) is 0. The maximum atomic E-state index is 11.8. The van der Waals surface area contributed by atoms with Gasteiger partial charge in [0, 0.05) is 25.3 Å². The zero-order valence-corrected chi connectivity index (χ0v) is 14.1. The number of nitrogens with zero attached hydrogens (tertiary/aromatic N) is 3. The Morgan fingerprint density at radius 2 is 2.27 bits per heavy atom. The number of aromatic nitrogens is 2. The van der Waals surface area contributed by atoms with Crippen molar-refractivity contribution < 1.29 is 9.53 Å². The SMILES string of the molecule is CC(C)(C)OC(=O)NCC1CCCCN1c1nccc(Cl)n1. The van der Waals surface area contributed by atoms with E-state index in [0.29, 0.717) is 17.6 Å². The van der Waals surface area contributed by atoms with E-state index in [9.17, 15) is 4.79 Å². The molecular weight excluding hydrogens is 304 g/mol. The number of piperidine rings is 1. The molecule has 22 heavy (non-hydrogen) atoms. The standard InChI is InChI=1S/C15H23ClN4O2/c1-15(2,3)22-14(21)18-10-11-6-4-5-9-20(11)13-17-8-7-12(16)19-13/h7-8,11H,4-6,9-10H2,1-3H3,(H,18,21). The van der Waals surface area contributed by atoms with E-state index in [-0.39, 0.29) is 6.04 Å². The van der Waals surface area contributed by atoms with E-state index in [2.05, 4.69) is 20.2 Å². The molecule has 0 saturated carbocycles. The number of carbonyl (C=O) groups is 1. The van der Waals surface area contributed by atoms with Gasteiger partial charge in [0.05, 0.1) is 0 Å². The molecule has 7 heteroatoms. The van der Waals surface area contributed by atoms with E-state index in [1.807, 2.05) is 20.8 Å². The van der Waals surface area contributed by atoms with E-state index >= 15 is 0 Å². The lowest BCUT2D eigenvalue weighted by atomic mass is 10.0. The number of hydrogen-bond donors (Lipinski definition) is 1. The van der Waals surface area contributed by atoms with Crippen LogP contribution in [-0.2, 0) is 4.74 Å². The number of amides is 1. The Balaban J connectivity index is 1.97. The first-order valence-electron chi connectivity index (χ1n) is 7.57. The van der Waals surface area contributed by atoms with Gasteiger partial charge in [0.1, 0.15) is 10.8 Å². The van der Waals surface area contributed by atoms with E-state index in [1.165, 1.54) is 0 Å². The normalized spacial score (nSPS) is 18.9. The molecule has 1 aromatic heterocycles. The third kappa shape index (κ3) is 5.02. The summed E-state index contributed by atoms with van der Waals surface area (Å²) >= 11 is 5.94. The number of rotatable bonds is 3. The van der Waals surface area contributed by atoms with Crippen molar-refractivity contribution in [3.63, 3.8) is 0 Å². The van der Waals surface area contributed by atoms with Gasteiger partial charge in [-0.2, -0.15) is 0 Å². The average molecular weight is 327 g/mol. The number of ether oxygens (including phenoxy) is 1. The van der Waals surface area contributed by atoms with Crippen molar-refractivity contribution in [1.82, 2.24) is 15.3 Å². The molecule has 6 nitrogen and oxygen atoms in total. The Hall–Kier alpha value is -1.56. The average Bonchev–Trinajstić information content (AvgIpc) is 2.44. The molecule has 0 spiro atoms. The second-order valence-corrected chi connectivity index (χ2v) is 6.79. The summed E-state index contributed by atoms with van der Waals surface area (Å²) in [6, 6.07) is 1.81. The molecule has 1 aliphatic heterocycles.